The van der Waals surface area contributed by atoms with Crippen LogP contribution in [-0.4, -0.2) is 19.3 Å². The second-order valence-corrected chi connectivity index (χ2v) is 2.40. The topological polar surface area (TPSA) is 50.7 Å². The number of ether oxygens (including phenoxy) is 1. The highest BCUT2D eigenvalue weighted by Crippen LogP contribution is 2.07. The second kappa shape index (κ2) is 4.96. The van der Waals surface area contributed by atoms with Crippen LogP contribution < -0.4 is 5.43 Å². The van der Waals surface area contributed by atoms with Crippen molar-refractivity contribution in [3.8, 4) is 0 Å². The standard InChI is InChI=1S/C9H9FN2O2/c1-14-9(13)6-11-12-8-4-2-7(10)3-5-8/h2-6,12H,1H3. The van der Waals surface area contributed by atoms with Gasteiger partial charge in [-0.1, -0.05) is 0 Å². The fourth-order valence-electron chi connectivity index (χ4n) is 0.737. The molecule has 0 aliphatic rings. The summed E-state index contributed by atoms with van der Waals surface area (Å²) >= 11 is 0. The van der Waals surface area contributed by atoms with Gasteiger partial charge in [-0.05, 0) is 24.3 Å². The minimum atomic E-state index is -0.556. The summed E-state index contributed by atoms with van der Waals surface area (Å²) < 4.78 is 16.8. The van der Waals surface area contributed by atoms with Crippen molar-refractivity contribution in [3.63, 3.8) is 0 Å². The third kappa shape index (κ3) is 3.22. The summed E-state index contributed by atoms with van der Waals surface area (Å²) in [5.74, 6) is -0.882. The fraction of sp³-hybridized carbons (Fsp3) is 0.111. The summed E-state index contributed by atoms with van der Waals surface area (Å²) in [4.78, 5) is 10.6. The van der Waals surface area contributed by atoms with E-state index in [0.29, 0.717) is 5.69 Å². The first-order chi connectivity index (χ1) is 6.72. The molecule has 1 aromatic rings. The molecule has 74 valence electrons. The average Bonchev–Trinajstić information content (AvgIpc) is 2.21. The van der Waals surface area contributed by atoms with E-state index < -0.39 is 5.97 Å². The summed E-state index contributed by atoms with van der Waals surface area (Å²) in [7, 11) is 1.26. The van der Waals surface area contributed by atoms with Gasteiger partial charge >= 0.3 is 5.97 Å². The third-order valence-electron chi connectivity index (χ3n) is 1.41. The molecule has 1 N–H and O–H groups in total. The number of nitrogens with one attached hydrogen (secondary N) is 1. The number of rotatable bonds is 3. The smallest absolute Gasteiger partial charge is 0.350 e. The third-order valence-corrected chi connectivity index (χ3v) is 1.41. The Morgan fingerprint density at radius 2 is 2.14 bits per heavy atom. The molecule has 0 radical (unpaired) electrons. The first-order valence-electron chi connectivity index (χ1n) is 3.85. The Morgan fingerprint density at radius 3 is 2.71 bits per heavy atom. The van der Waals surface area contributed by atoms with Crippen molar-refractivity contribution in [2.45, 2.75) is 0 Å². The van der Waals surface area contributed by atoms with Gasteiger partial charge in [-0.25, -0.2) is 9.18 Å². The molecule has 0 fully saturated rings. The number of halogens is 1. The van der Waals surface area contributed by atoms with Gasteiger partial charge in [0.15, 0.2) is 0 Å². The highest BCUT2D eigenvalue weighted by atomic mass is 19.1. The molecule has 14 heavy (non-hydrogen) atoms. The molecule has 0 saturated carbocycles. The van der Waals surface area contributed by atoms with E-state index in [2.05, 4.69) is 15.3 Å². The van der Waals surface area contributed by atoms with Crippen molar-refractivity contribution in [1.29, 1.82) is 0 Å². The molecular weight excluding hydrogens is 187 g/mol. The summed E-state index contributed by atoms with van der Waals surface area (Å²) in [5, 5.41) is 3.57. The number of carbonyl (C=O) groups excluding carboxylic acids is 1. The molecule has 0 spiro atoms. The zero-order chi connectivity index (χ0) is 10.4. The number of hydrogen-bond acceptors (Lipinski definition) is 4. The molecule has 0 atom stereocenters. The second-order valence-electron chi connectivity index (χ2n) is 2.40. The number of methoxy groups -OCH3 is 1. The molecule has 1 rings (SSSR count). The van der Waals surface area contributed by atoms with Crippen LogP contribution in [0.3, 0.4) is 0 Å². The maximum absolute atomic E-state index is 12.5. The fourth-order valence-corrected chi connectivity index (χ4v) is 0.737. The van der Waals surface area contributed by atoms with Crippen LogP contribution in [0, 0.1) is 5.82 Å². The van der Waals surface area contributed by atoms with Crippen molar-refractivity contribution in [2.24, 2.45) is 5.10 Å². The molecule has 0 bridgehead atoms. The SMILES string of the molecule is COC(=O)C=NNc1ccc(F)cc1. The van der Waals surface area contributed by atoms with Crippen molar-refractivity contribution in [2.75, 3.05) is 12.5 Å². The van der Waals surface area contributed by atoms with Crippen LogP contribution in [0.2, 0.25) is 0 Å². The van der Waals surface area contributed by atoms with Gasteiger partial charge < -0.3 is 4.74 Å². The number of nitrogens with zero attached hydrogens (tertiary/aromatic N) is 1. The van der Waals surface area contributed by atoms with Gasteiger partial charge in [0.2, 0.25) is 0 Å². The molecule has 0 unspecified atom stereocenters. The molecule has 0 aliphatic heterocycles. The highest BCUT2D eigenvalue weighted by Gasteiger charge is 1.92. The van der Waals surface area contributed by atoms with Gasteiger partial charge in [0.25, 0.3) is 0 Å². The molecule has 1 aromatic carbocycles. The minimum Gasteiger partial charge on any atom is -0.465 e. The van der Waals surface area contributed by atoms with E-state index >= 15 is 0 Å². The predicted molar refractivity (Wildman–Crippen MR) is 50.5 cm³/mol. The lowest BCUT2D eigenvalue weighted by atomic mass is 10.3. The van der Waals surface area contributed by atoms with Gasteiger partial charge in [-0.15, -0.1) is 0 Å². The first kappa shape index (κ1) is 10.2. The Hall–Kier alpha value is -1.91. The molecule has 0 amide bonds. The van der Waals surface area contributed by atoms with Crippen LogP contribution in [-0.2, 0) is 9.53 Å². The summed E-state index contributed by atoms with van der Waals surface area (Å²) in [6.07, 6.45) is 0.989. The molecule has 5 heteroatoms. The number of hydrazone groups is 1. The molecule has 0 aliphatic carbocycles. The van der Waals surface area contributed by atoms with Crippen molar-refractivity contribution >= 4 is 17.9 Å². The maximum Gasteiger partial charge on any atom is 0.350 e. The van der Waals surface area contributed by atoms with Crippen LogP contribution in [0.5, 0.6) is 0 Å². The van der Waals surface area contributed by atoms with Crippen LogP contribution in [0.25, 0.3) is 0 Å². The number of esters is 1. The largest absolute Gasteiger partial charge is 0.465 e. The Morgan fingerprint density at radius 1 is 1.50 bits per heavy atom. The number of anilines is 1. The molecule has 0 saturated heterocycles. The van der Waals surface area contributed by atoms with E-state index in [0.717, 1.165) is 6.21 Å². The van der Waals surface area contributed by atoms with Gasteiger partial charge in [0.1, 0.15) is 12.0 Å². The van der Waals surface area contributed by atoms with Crippen molar-refractivity contribution < 1.29 is 13.9 Å². The van der Waals surface area contributed by atoms with Crippen LogP contribution in [0.4, 0.5) is 10.1 Å². The highest BCUT2D eigenvalue weighted by molar-refractivity contribution is 6.23. The average molecular weight is 196 g/mol. The normalized spacial score (nSPS) is 10.1. The van der Waals surface area contributed by atoms with E-state index in [4.69, 9.17) is 0 Å². The minimum absolute atomic E-state index is 0.326. The summed E-state index contributed by atoms with van der Waals surface area (Å²) in [6, 6.07) is 5.58. The van der Waals surface area contributed by atoms with E-state index in [1.807, 2.05) is 0 Å². The molecule has 0 aromatic heterocycles. The summed E-state index contributed by atoms with van der Waals surface area (Å²) in [6.45, 7) is 0. The van der Waals surface area contributed by atoms with Gasteiger partial charge in [-0.3, -0.25) is 5.43 Å². The number of carbonyl (C=O) groups is 1. The maximum atomic E-state index is 12.5. The Labute approximate surface area is 80.4 Å². The summed E-state index contributed by atoms with van der Waals surface area (Å²) in [5.41, 5.74) is 3.13. The number of hydrogen-bond donors (Lipinski definition) is 1. The van der Waals surface area contributed by atoms with E-state index in [9.17, 15) is 9.18 Å². The van der Waals surface area contributed by atoms with Crippen LogP contribution >= 0.6 is 0 Å². The van der Waals surface area contributed by atoms with Crippen molar-refractivity contribution in [3.05, 3.63) is 30.1 Å². The molecular formula is C9H9FN2O2. The molecule has 4 nitrogen and oxygen atoms in total. The van der Waals surface area contributed by atoms with E-state index in [1.54, 1.807) is 0 Å². The first-order valence-corrected chi connectivity index (χ1v) is 3.85. The Kier molecular flexibility index (Phi) is 3.60. The quantitative estimate of drug-likeness (QED) is 0.451. The zero-order valence-electron chi connectivity index (χ0n) is 7.53. The lowest BCUT2D eigenvalue weighted by Crippen LogP contribution is -2.02. The zero-order valence-corrected chi connectivity index (χ0v) is 7.53. The Bertz CT molecular complexity index is 335. The van der Waals surface area contributed by atoms with Crippen LogP contribution in [0.1, 0.15) is 0 Å². The number of benzene rings is 1. The van der Waals surface area contributed by atoms with E-state index in [-0.39, 0.29) is 5.82 Å². The lowest BCUT2D eigenvalue weighted by molar-refractivity contribution is -0.132. The van der Waals surface area contributed by atoms with E-state index in [1.165, 1.54) is 31.4 Å². The van der Waals surface area contributed by atoms with Gasteiger partial charge in [-0.2, -0.15) is 5.10 Å². The molecule has 0 heterocycles. The van der Waals surface area contributed by atoms with Crippen molar-refractivity contribution in [1.82, 2.24) is 0 Å². The van der Waals surface area contributed by atoms with Gasteiger partial charge in [0.05, 0.1) is 12.8 Å². The van der Waals surface area contributed by atoms with Gasteiger partial charge in [0, 0.05) is 0 Å². The monoisotopic (exact) mass is 196 g/mol. The lowest BCUT2D eigenvalue weighted by Gasteiger charge is -1.98. The van der Waals surface area contributed by atoms with Crippen LogP contribution in [0.15, 0.2) is 29.4 Å². The Balaban J connectivity index is 2.49. The predicted octanol–water partition coefficient (Wildman–Crippen LogP) is 1.40.